The van der Waals surface area contributed by atoms with Gasteiger partial charge in [0.05, 0.1) is 42.0 Å². The highest BCUT2D eigenvalue weighted by atomic mass is 35.5. The van der Waals surface area contributed by atoms with Crippen LogP contribution in [0.4, 0.5) is 0 Å². The molecule has 0 saturated heterocycles. The van der Waals surface area contributed by atoms with E-state index >= 15 is 0 Å². The van der Waals surface area contributed by atoms with Crippen molar-refractivity contribution < 1.29 is 23.8 Å². The SMILES string of the molecule is COc1ccc2c(c1[O-])-c1c(OC)c(OC)cc3c1C(C2)[N+](C)(C)CC3.Cl. The van der Waals surface area contributed by atoms with Gasteiger partial charge in [-0.15, -0.1) is 12.4 Å². The molecule has 146 valence electrons. The molecule has 0 fully saturated rings. The monoisotopic (exact) mass is 391 g/mol. The van der Waals surface area contributed by atoms with Crippen molar-refractivity contribution in [3.05, 3.63) is 34.9 Å². The van der Waals surface area contributed by atoms with Gasteiger partial charge in [0, 0.05) is 24.0 Å². The topological polar surface area (TPSA) is 50.8 Å². The van der Waals surface area contributed by atoms with Crippen molar-refractivity contribution in [3.8, 4) is 34.1 Å². The fourth-order valence-corrected chi connectivity index (χ4v) is 4.58. The lowest BCUT2D eigenvalue weighted by Crippen LogP contribution is -2.49. The van der Waals surface area contributed by atoms with Crippen molar-refractivity contribution in [1.82, 2.24) is 0 Å². The number of rotatable bonds is 3. The van der Waals surface area contributed by atoms with E-state index < -0.39 is 0 Å². The van der Waals surface area contributed by atoms with Crippen LogP contribution in [-0.2, 0) is 12.8 Å². The molecule has 0 N–H and O–H groups in total. The molecular formula is C21H26ClNO4. The fraction of sp³-hybridized carbons (Fsp3) is 0.429. The highest BCUT2D eigenvalue weighted by Gasteiger charge is 2.43. The number of ether oxygens (including phenoxy) is 3. The third-order valence-corrected chi connectivity index (χ3v) is 6.02. The summed E-state index contributed by atoms with van der Waals surface area (Å²) in [6.45, 7) is 1.06. The smallest absolute Gasteiger partial charge is 0.169 e. The van der Waals surface area contributed by atoms with Gasteiger partial charge in [-0.3, -0.25) is 0 Å². The van der Waals surface area contributed by atoms with Crippen LogP contribution in [0, 0.1) is 0 Å². The average Bonchev–Trinajstić information content (AvgIpc) is 2.64. The van der Waals surface area contributed by atoms with Crippen molar-refractivity contribution in [2.24, 2.45) is 0 Å². The van der Waals surface area contributed by atoms with Crippen LogP contribution in [0.3, 0.4) is 0 Å². The van der Waals surface area contributed by atoms with E-state index in [4.69, 9.17) is 14.2 Å². The normalized spacial score (nSPS) is 18.6. The number of hydrogen-bond acceptors (Lipinski definition) is 4. The first-order chi connectivity index (χ1) is 12.4. The van der Waals surface area contributed by atoms with Gasteiger partial charge >= 0.3 is 0 Å². The van der Waals surface area contributed by atoms with Crippen molar-refractivity contribution in [2.75, 3.05) is 42.0 Å². The Morgan fingerprint density at radius 1 is 0.963 bits per heavy atom. The second kappa shape index (κ2) is 6.80. The van der Waals surface area contributed by atoms with E-state index in [2.05, 4.69) is 20.2 Å². The van der Waals surface area contributed by atoms with Gasteiger partial charge in [-0.1, -0.05) is 11.8 Å². The van der Waals surface area contributed by atoms with E-state index in [0.717, 1.165) is 35.0 Å². The van der Waals surface area contributed by atoms with Gasteiger partial charge in [0.25, 0.3) is 0 Å². The van der Waals surface area contributed by atoms with Crippen LogP contribution in [0.5, 0.6) is 23.0 Å². The molecule has 2 aliphatic rings. The lowest BCUT2D eigenvalue weighted by Gasteiger charge is -2.46. The number of benzene rings is 2. The highest BCUT2D eigenvalue weighted by molar-refractivity contribution is 5.88. The molecule has 6 heteroatoms. The van der Waals surface area contributed by atoms with Gasteiger partial charge < -0.3 is 23.8 Å². The maximum absolute atomic E-state index is 13.1. The summed E-state index contributed by atoms with van der Waals surface area (Å²) in [7, 11) is 9.34. The van der Waals surface area contributed by atoms with Crippen LogP contribution < -0.4 is 19.3 Å². The second-order valence-electron chi connectivity index (χ2n) is 7.66. The molecule has 1 aliphatic heterocycles. The number of hydrogen-bond donors (Lipinski definition) is 0. The van der Waals surface area contributed by atoms with E-state index in [0.29, 0.717) is 28.9 Å². The molecule has 5 nitrogen and oxygen atoms in total. The summed E-state index contributed by atoms with van der Waals surface area (Å²) >= 11 is 0. The Hall–Kier alpha value is -2.11. The molecule has 4 rings (SSSR count). The largest absolute Gasteiger partial charge is 0.870 e. The van der Waals surface area contributed by atoms with Crippen LogP contribution in [0.1, 0.15) is 22.7 Å². The van der Waals surface area contributed by atoms with Crippen molar-refractivity contribution in [3.63, 3.8) is 0 Å². The van der Waals surface area contributed by atoms with Crippen LogP contribution in [-0.4, -0.2) is 46.5 Å². The summed E-state index contributed by atoms with van der Waals surface area (Å²) in [6.07, 6.45) is 1.80. The van der Waals surface area contributed by atoms with Gasteiger partial charge in [-0.05, 0) is 28.8 Å². The van der Waals surface area contributed by atoms with Gasteiger partial charge in [-0.25, -0.2) is 0 Å². The number of likely N-dealkylation sites (N-methyl/N-ethyl adjacent to an activating group) is 1. The molecule has 27 heavy (non-hydrogen) atoms. The maximum atomic E-state index is 13.1. The molecule has 0 amide bonds. The number of halogens is 1. The summed E-state index contributed by atoms with van der Waals surface area (Å²) in [5.41, 5.74) is 5.14. The Labute approximate surface area is 166 Å². The third-order valence-electron chi connectivity index (χ3n) is 6.02. The lowest BCUT2D eigenvalue weighted by atomic mass is 9.75. The van der Waals surface area contributed by atoms with E-state index in [9.17, 15) is 5.11 Å². The molecule has 2 aromatic rings. The molecular weight excluding hydrogens is 366 g/mol. The Kier molecular flexibility index (Phi) is 4.95. The minimum absolute atomic E-state index is 0. The molecule has 1 atom stereocenters. The predicted octanol–water partition coefficient (Wildman–Crippen LogP) is 3.10. The van der Waals surface area contributed by atoms with Crippen LogP contribution in [0.2, 0.25) is 0 Å². The zero-order valence-electron chi connectivity index (χ0n) is 16.4. The zero-order valence-corrected chi connectivity index (χ0v) is 17.2. The summed E-state index contributed by atoms with van der Waals surface area (Å²) in [5, 5.41) is 13.1. The van der Waals surface area contributed by atoms with Crippen LogP contribution >= 0.6 is 12.4 Å². The Morgan fingerprint density at radius 3 is 2.30 bits per heavy atom. The average molecular weight is 392 g/mol. The van der Waals surface area contributed by atoms with Gasteiger partial charge in [0.2, 0.25) is 0 Å². The highest BCUT2D eigenvalue weighted by Crippen LogP contribution is 2.56. The molecule has 0 saturated carbocycles. The zero-order chi connectivity index (χ0) is 18.6. The summed E-state index contributed by atoms with van der Waals surface area (Å²) in [5.74, 6) is 1.62. The molecule has 0 aromatic heterocycles. The first kappa shape index (κ1) is 19.6. The molecule has 1 heterocycles. The minimum atomic E-state index is -0.0758. The molecule has 1 unspecified atom stereocenters. The maximum Gasteiger partial charge on any atom is 0.169 e. The number of fused-ring (bicyclic) bond motifs is 2. The fourth-order valence-electron chi connectivity index (χ4n) is 4.58. The number of quaternary nitrogens is 1. The van der Waals surface area contributed by atoms with E-state index in [-0.39, 0.29) is 18.2 Å². The van der Waals surface area contributed by atoms with Crippen molar-refractivity contribution in [1.29, 1.82) is 0 Å². The van der Waals surface area contributed by atoms with Crippen LogP contribution in [0.15, 0.2) is 18.2 Å². The standard InChI is InChI=1S/C21H25NO4.ClH/c1-22(2)9-8-13-11-16(25-4)21(26-5)19-17(13)14(22)10-12-6-7-15(24-3)20(23)18(12)19;/h6-7,11,14H,8-10H2,1-5H3;1H. The summed E-state index contributed by atoms with van der Waals surface area (Å²) < 4.78 is 17.6. The van der Waals surface area contributed by atoms with E-state index in [1.807, 2.05) is 6.07 Å². The van der Waals surface area contributed by atoms with Gasteiger partial charge in [-0.2, -0.15) is 0 Å². The van der Waals surface area contributed by atoms with Gasteiger partial charge in [0.1, 0.15) is 11.8 Å². The first-order valence-electron chi connectivity index (χ1n) is 8.90. The minimum Gasteiger partial charge on any atom is -0.870 e. The molecule has 2 aromatic carbocycles. The van der Waals surface area contributed by atoms with E-state index in [1.165, 1.54) is 18.2 Å². The summed E-state index contributed by atoms with van der Waals surface area (Å²) in [4.78, 5) is 0. The third kappa shape index (κ3) is 2.72. The van der Waals surface area contributed by atoms with Gasteiger partial charge in [0.15, 0.2) is 11.5 Å². The van der Waals surface area contributed by atoms with Crippen LogP contribution in [0.25, 0.3) is 11.1 Å². The lowest BCUT2D eigenvalue weighted by molar-refractivity contribution is -0.923. The number of methoxy groups -OCH3 is 3. The molecule has 1 aliphatic carbocycles. The number of nitrogens with zero attached hydrogens (tertiary/aromatic N) is 1. The van der Waals surface area contributed by atoms with Crippen molar-refractivity contribution >= 4 is 12.4 Å². The second-order valence-corrected chi connectivity index (χ2v) is 7.66. The summed E-state index contributed by atoms with van der Waals surface area (Å²) in [6, 6.07) is 6.18. The quantitative estimate of drug-likeness (QED) is 0.754. The Bertz CT molecular complexity index is 894. The first-order valence-corrected chi connectivity index (χ1v) is 8.90. The molecule has 0 bridgehead atoms. The predicted molar refractivity (Wildman–Crippen MR) is 105 cm³/mol. The molecule has 0 radical (unpaired) electrons. The Morgan fingerprint density at radius 2 is 1.67 bits per heavy atom. The molecule has 0 spiro atoms. The Balaban J connectivity index is 0.00000210. The van der Waals surface area contributed by atoms with E-state index in [1.54, 1.807) is 20.3 Å². The van der Waals surface area contributed by atoms with Crippen molar-refractivity contribution in [2.45, 2.75) is 18.9 Å².